The molecule has 0 aliphatic rings. The number of aliphatic hydroxyl groups excluding tert-OH is 1. The average Bonchev–Trinajstić information content (AvgIpc) is 2.46. The second kappa shape index (κ2) is 8.83. The fraction of sp³-hybridized carbons (Fsp3) is 0.357. The van der Waals surface area contributed by atoms with Gasteiger partial charge in [-0.3, -0.25) is 14.9 Å². The Bertz CT molecular complexity index is 493. The fourth-order valence-corrected chi connectivity index (χ4v) is 1.68. The van der Waals surface area contributed by atoms with Crippen molar-refractivity contribution in [1.29, 1.82) is 0 Å². The van der Waals surface area contributed by atoms with Crippen LogP contribution < -0.4 is 5.32 Å². The lowest BCUT2D eigenvalue weighted by atomic mass is 10.2. The number of ether oxygens (including phenoxy) is 1. The Balaban J connectivity index is 2.58. The summed E-state index contributed by atoms with van der Waals surface area (Å²) >= 11 is 0. The van der Waals surface area contributed by atoms with Crippen LogP contribution in [0.5, 0.6) is 0 Å². The van der Waals surface area contributed by atoms with E-state index < -0.39 is 4.92 Å². The Morgan fingerprint density at radius 1 is 1.48 bits per heavy atom. The molecule has 0 aliphatic carbocycles. The quantitative estimate of drug-likeness (QED) is 0.425. The number of hydrogen-bond acceptors (Lipinski definition) is 5. The summed E-state index contributed by atoms with van der Waals surface area (Å²) in [4.78, 5) is 21.7. The first-order valence-corrected chi connectivity index (χ1v) is 6.39. The molecular weight excluding hydrogens is 276 g/mol. The van der Waals surface area contributed by atoms with Crippen LogP contribution in [0.15, 0.2) is 30.3 Å². The maximum atomic E-state index is 11.7. The van der Waals surface area contributed by atoms with Gasteiger partial charge in [0.25, 0.3) is 5.69 Å². The van der Waals surface area contributed by atoms with Crippen LogP contribution in [0.4, 0.5) is 5.69 Å². The molecule has 1 rings (SSSR count). The molecule has 114 valence electrons. The van der Waals surface area contributed by atoms with Crippen molar-refractivity contribution in [3.8, 4) is 0 Å². The standard InChI is InChI=1S/C14H18N2O5/c1-21-10-12(8-9-17)15-14(18)7-4-11-2-5-13(6-3-11)16(19)20/h2-7,12,17H,8-10H2,1H3,(H,15,18)/b7-4+. The summed E-state index contributed by atoms with van der Waals surface area (Å²) < 4.78 is 4.94. The molecule has 1 unspecified atom stereocenters. The molecule has 2 N–H and O–H groups in total. The summed E-state index contributed by atoms with van der Waals surface area (Å²) in [7, 11) is 1.52. The fourth-order valence-electron chi connectivity index (χ4n) is 1.68. The van der Waals surface area contributed by atoms with Crippen LogP contribution >= 0.6 is 0 Å². The van der Waals surface area contributed by atoms with Crippen molar-refractivity contribution in [2.75, 3.05) is 20.3 Å². The molecule has 0 spiro atoms. The Labute approximate surface area is 122 Å². The second-order valence-electron chi connectivity index (χ2n) is 4.36. The van der Waals surface area contributed by atoms with Crippen LogP contribution in [-0.4, -0.2) is 42.3 Å². The number of benzene rings is 1. The number of rotatable bonds is 8. The van der Waals surface area contributed by atoms with Gasteiger partial charge in [-0.25, -0.2) is 0 Å². The van der Waals surface area contributed by atoms with Crippen molar-refractivity contribution >= 4 is 17.7 Å². The predicted octanol–water partition coefficient (Wildman–Crippen LogP) is 1.12. The minimum Gasteiger partial charge on any atom is -0.396 e. The molecule has 0 aliphatic heterocycles. The van der Waals surface area contributed by atoms with Gasteiger partial charge in [-0.2, -0.15) is 0 Å². The molecule has 0 heterocycles. The van der Waals surface area contributed by atoms with Crippen LogP contribution in [0.3, 0.4) is 0 Å². The highest BCUT2D eigenvalue weighted by atomic mass is 16.6. The van der Waals surface area contributed by atoms with E-state index in [-0.39, 0.29) is 24.2 Å². The van der Waals surface area contributed by atoms with Crippen molar-refractivity contribution in [3.05, 3.63) is 46.0 Å². The summed E-state index contributed by atoms with van der Waals surface area (Å²) in [5.41, 5.74) is 0.681. The third-order valence-electron chi connectivity index (χ3n) is 2.72. The van der Waals surface area contributed by atoms with Gasteiger partial charge in [-0.1, -0.05) is 0 Å². The topological polar surface area (TPSA) is 102 Å². The van der Waals surface area contributed by atoms with Crippen molar-refractivity contribution in [1.82, 2.24) is 5.32 Å². The number of aliphatic hydroxyl groups is 1. The second-order valence-corrected chi connectivity index (χ2v) is 4.36. The Hall–Kier alpha value is -2.25. The number of carbonyl (C=O) groups excluding carboxylic acids is 1. The molecule has 0 fully saturated rings. The normalized spacial score (nSPS) is 12.3. The lowest BCUT2D eigenvalue weighted by molar-refractivity contribution is -0.384. The Morgan fingerprint density at radius 2 is 2.14 bits per heavy atom. The number of nitro benzene ring substituents is 1. The van der Waals surface area contributed by atoms with Crippen molar-refractivity contribution in [2.45, 2.75) is 12.5 Å². The lowest BCUT2D eigenvalue weighted by Crippen LogP contribution is -2.37. The summed E-state index contributed by atoms with van der Waals surface area (Å²) in [5.74, 6) is -0.316. The minimum absolute atomic E-state index is 0.000272. The molecule has 0 aromatic heterocycles. The number of methoxy groups -OCH3 is 1. The molecule has 21 heavy (non-hydrogen) atoms. The largest absolute Gasteiger partial charge is 0.396 e. The first-order chi connectivity index (χ1) is 10.1. The van der Waals surface area contributed by atoms with Gasteiger partial charge in [-0.15, -0.1) is 0 Å². The molecule has 1 aromatic rings. The van der Waals surface area contributed by atoms with E-state index in [4.69, 9.17) is 9.84 Å². The smallest absolute Gasteiger partial charge is 0.269 e. The van der Waals surface area contributed by atoms with E-state index >= 15 is 0 Å². The van der Waals surface area contributed by atoms with Gasteiger partial charge in [0, 0.05) is 31.9 Å². The molecular formula is C14H18N2O5. The first-order valence-electron chi connectivity index (χ1n) is 6.39. The van der Waals surface area contributed by atoms with Gasteiger partial charge in [-0.05, 0) is 30.2 Å². The van der Waals surface area contributed by atoms with E-state index in [0.717, 1.165) is 0 Å². The van der Waals surface area contributed by atoms with E-state index in [9.17, 15) is 14.9 Å². The van der Waals surface area contributed by atoms with Gasteiger partial charge in [0.15, 0.2) is 0 Å². The number of nitro groups is 1. The molecule has 1 aromatic carbocycles. The molecule has 0 saturated heterocycles. The summed E-state index contributed by atoms with van der Waals surface area (Å²) in [6.07, 6.45) is 3.30. The van der Waals surface area contributed by atoms with Crippen molar-refractivity contribution < 1.29 is 19.6 Å². The van der Waals surface area contributed by atoms with Crippen molar-refractivity contribution in [3.63, 3.8) is 0 Å². The molecule has 7 nitrogen and oxygen atoms in total. The molecule has 1 atom stereocenters. The summed E-state index contributed by atoms with van der Waals surface area (Å²) in [6.45, 7) is 0.276. The number of nitrogens with zero attached hydrogens (tertiary/aromatic N) is 1. The predicted molar refractivity (Wildman–Crippen MR) is 77.6 cm³/mol. The molecule has 1 amide bonds. The van der Waals surface area contributed by atoms with Crippen molar-refractivity contribution in [2.24, 2.45) is 0 Å². The Kier molecular flexibility index (Phi) is 7.06. The van der Waals surface area contributed by atoms with E-state index in [1.165, 1.54) is 25.3 Å². The van der Waals surface area contributed by atoms with Gasteiger partial charge in [0.05, 0.1) is 17.6 Å². The minimum atomic E-state index is -0.482. The van der Waals surface area contributed by atoms with Crippen LogP contribution in [0.2, 0.25) is 0 Å². The highest BCUT2D eigenvalue weighted by Crippen LogP contribution is 2.12. The van der Waals surface area contributed by atoms with E-state index in [0.29, 0.717) is 18.6 Å². The number of nitrogens with one attached hydrogen (secondary N) is 1. The summed E-state index contributed by atoms with van der Waals surface area (Å²) in [6, 6.07) is 5.60. The SMILES string of the molecule is COCC(CCO)NC(=O)/C=C/c1ccc([N+](=O)[O-])cc1. The van der Waals surface area contributed by atoms with Crippen LogP contribution in [-0.2, 0) is 9.53 Å². The highest BCUT2D eigenvalue weighted by molar-refractivity contribution is 5.91. The number of non-ortho nitro benzene ring substituents is 1. The van der Waals surface area contributed by atoms with Gasteiger partial charge < -0.3 is 15.2 Å². The van der Waals surface area contributed by atoms with Gasteiger partial charge in [0.1, 0.15) is 0 Å². The first kappa shape index (κ1) is 16.8. The number of hydrogen-bond donors (Lipinski definition) is 2. The number of carbonyl (C=O) groups is 1. The Morgan fingerprint density at radius 3 is 2.67 bits per heavy atom. The van der Waals surface area contributed by atoms with E-state index in [2.05, 4.69) is 5.32 Å². The van der Waals surface area contributed by atoms with E-state index in [1.54, 1.807) is 18.2 Å². The average molecular weight is 294 g/mol. The van der Waals surface area contributed by atoms with E-state index in [1.807, 2.05) is 0 Å². The molecule has 0 bridgehead atoms. The summed E-state index contributed by atoms with van der Waals surface area (Å²) in [5, 5.41) is 22.1. The lowest BCUT2D eigenvalue weighted by Gasteiger charge is -2.15. The van der Waals surface area contributed by atoms with Gasteiger partial charge >= 0.3 is 0 Å². The highest BCUT2D eigenvalue weighted by Gasteiger charge is 2.09. The zero-order valence-corrected chi connectivity index (χ0v) is 11.7. The monoisotopic (exact) mass is 294 g/mol. The third kappa shape index (κ3) is 6.15. The third-order valence-corrected chi connectivity index (χ3v) is 2.72. The molecule has 7 heteroatoms. The maximum absolute atomic E-state index is 11.7. The van der Waals surface area contributed by atoms with Crippen LogP contribution in [0.25, 0.3) is 6.08 Å². The maximum Gasteiger partial charge on any atom is 0.269 e. The molecule has 0 saturated carbocycles. The van der Waals surface area contributed by atoms with Crippen LogP contribution in [0.1, 0.15) is 12.0 Å². The molecule has 0 radical (unpaired) electrons. The van der Waals surface area contributed by atoms with Crippen LogP contribution in [0, 0.1) is 10.1 Å². The number of amides is 1. The zero-order valence-electron chi connectivity index (χ0n) is 11.7. The zero-order chi connectivity index (χ0) is 15.7. The van der Waals surface area contributed by atoms with Gasteiger partial charge in [0.2, 0.25) is 5.91 Å².